The van der Waals surface area contributed by atoms with Crippen LogP contribution in [0, 0.1) is 6.92 Å². The molecular formula is C21H23NO2. The Bertz CT molecular complexity index is 883. The fraction of sp³-hybridized carbons (Fsp3) is 0.429. The molecule has 0 N–H and O–H groups in total. The molecule has 0 unspecified atom stereocenters. The number of aryl methyl sites for hydroxylation is 1. The number of hydrogen-bond donors (Lipinski definition) is 0. The molecule has 0 amide bonds. The second kappa shape index (κ2) is 5.17. The fourth-order valence-corrected chi connectivity index (χ4v) is 4.31. The van der Waals surface area contributed by atoms with Gasteiger partial charge in [-0.05, 0) is 55.2 Å². The van der Waals surface area contributed by atoms with Crippen LogP contribution in [0.5, 0.6) is 0 Å². The van der Waals surface area contributed by atoms with Gasteiger partial charge >= 0.3 is 0 Å². The van der Waals surface area contributed by atoms with E-state index in [9.17, 15) is 4.79 Å². The maximum atomic E-state index is 13.1. The molecule has 4 rings (SSSR count). The van der Waals surface area contributed by atoms with Crippen molar-refractivity contribution in [3.05, 3.63) is 46.2 Å². The first-order valence-corrected chi connectivity index (χ1v) is 8.80. The lowest BCUT2D eigenvalue weighted by atomic mass is 9.69. The zero-order valence-corrected chi connectivity index (χ0v) is 14.8. The third-order valence-corrected chi connectivity index (χ3v) is 5.49. The van der Waals surface area contributed by atoms with Crippen LogP contribution < -0.4 is 0 Å². The molecule has 0 fully saturated rings. The van der Waals surface area contributed by atoms with E-state index in [0.29, 0.717) is 23.6 Å². The first kappa shape index (κ1) is 15.4. The smallest absolute Gasteiger partial charge is 0.215 e. The quantitative estimate of drug-likeness (QED) is 0.751. The molecule has 0 atom stereocenters. The molecule has 0 saturated heterocycles. The highest BCUT2D eigenvalue weighted by atomic mass is 16.3. The van der Waals surface area contributed by atoms with Crippen LogP contribution in [0.3, 0.4) is 0 Å². The van der Waals surface area contributed by atoms with E-state index in [-0.39, 0.29) is 11.2 Å². The number of aliphatic imine (C=N–C) groups is 1. The standard InChI is InChI=1S/C21H23NO2/c1-5-22-18-17-13-7-6-10-21(3,4)15(13)9-8-14(17)20-16(19(18)23)12(2)11-24-20/h8-9,11H,5-7,10H2,1-4H3. The predicted molar refractivity (Wildman–Crippen MR) is 96.3 cm³/mol. The number of carbonyl (C=O) groups excluding carboxylic acids is 1. The molecule has 3 heteroatoms. The molecule has 1 aromatic heterocycles. The van der Waals surface area contributed by atoms with E-state index in [2.05, 4.69) is 31.0 Å². The molecule has 0 saturated carbocycles. The molecule has 2 aliphatic carbocycles. The summed E-state index contributed by atoms with van der Waals surface area (Å²) < 4.78 is 5.78. The highest BCUT2D eigenvalue weighted by Crippen LogP contribution is 2.44. The van der Waals surface area contributed by atoms with Gasteiger partial charge in [-0.25, -0.2) is 0 Å². The summed E-state index contributed by atoms with van der Waals surface area (Å²) in [5, 5.41) is 0. The summed E-state index contributed by atoms with van der Waals surface area (Å²) in [6.07, 6.45) is 5.02. The van der Waals surface area contributed by atoms with Crippen LogP contribution in [0.2, 0.25) is 0 Å². The van der Waals surface area contributed by atoms with Gasteiger partial charge in [0.25, 0.3) is 0 Å². The summed E-state index contributed by atoms with van der Waals surface area (Å²) in [4.78, 5) is 17.7. The SMILES string of the molecule is CCN=C1C(=O)c2c(C)coc2-c2ccc3c(c21)CCCC3(C)C. The summed E-state index contributed by atoms with van der Waals surface area (Å²) in [6, 6.07) is 4.36. The highest BCUT2D eigenvalue weighted by molar-refractivity contribution is 6.55. The number of hydrogen-bond acceptors (Lipinski definition) is 3. The predicted octanol–water partition coefficient (Wildman–Crippen LogP) is 4.87. The van der Waals surface area contributed by atoms with Gasteiger partial charge in [-0.3, -0.25) is 9.79 Å². The monoisotopic (exact) mass is 321 g/mol. The van der Waals surface area contributed by atoms with Gasteiger partial charge in [0, 0.05) is 17.7 Å². The average molecular weight is 321 g/mol. The second-order valence-electron chi connectivity index (χ2n) is 7.53. The third kappa shape index (κ3) is 1.97. The highest BCUT2D eigenvalue weighted by Gasteiger charge is 2.38. The molecule has 0 spiro atoms. The molecule has 3 nitrogen and oxygen atoms in total. The van der Waals surface area contributed by atoms with Crippen molar-refractivity contribution in [2.24, 2.45) is 4.99 Å². The maximum Gasteiger partial charge on any atom is 0.215 e. The van der Waals surface area contributed by atoms with Crippen molar-refractivity contribution in [2.75, 3.05) is 6.54 Å². The van der Waals surface area contributed by atoms with Crippen LogP contribution in [0.1, 0.15) is 66.2 Å². The van der Waals surface area contributed by atoms with Crippen LogP contribution in [0.4, 0.5) is 0 Å². The van der Waals surface area contributed by atoms with Gasteiger partial charge in [0.1, 0.15) is 11.5 Å². The lowest BCUT2D eigenvalue weighted by molar-refractivity contribution is 0.106. The number of Topliss-reactive ketones (excluding diaryl/α,β-unsaturated/α-hetero) is 1. The first-order chi connectivity index (χ1) is 11.5. The number of fused-ring (bicyclic) bond motifs is 5. The summed E-state index contributed by atoms with van der Waals surface area (Å²) >= 11 is 0. The summed E-state index contributed by atoms with van der Waals surface area (Å²) in [6.45, 7) is 9.11. The van der Waals surface area contributed by atoms with E-state index in [4.69, 9.17) is 4.42 Å². The van der Waals surface area contributed by atoms with E-state index < -0.39 is 0 Å². The molecule has 0 aliphatic heterocycles. The van der Waals surface area contributed by atoms with Crippen molar-refractivity contribution in [2.45, 2.75) is 52.4 Å². The Morgan fingerprint density at radius 2 is 2.04 bits per heavy atom. The number of nitrogens with zero attached hydrogens (tertiary/aromatic N) is 1. The zero-order chi connectivity index (χ0) is 17.1. The van der Waals surface area contributed by atoms with Crippen molar-refractivity contribution in [3.63, 3.8) is 0 Å². The normalized spacial score (nSPS) is 19.8. The molecular weight excluding hydrogens is 298 g/mol. The Hall–Kier alpha value is -2.16. The van der Waals surface area contributed by atoms with Crippen LogP contribution in [0.25, 0.3) is 11.3 Å². The Morgan fingerprint density at radius 3 is 2.79 bits per heavy atom. The Labute approximate surface area is 142 Å². The Balaban J connectivity index is 2.09. The van der Waals surface area contributed by atoms with Crippen LogP contribution in [0.15, 0.2) is 27.8 Å². The number of furan rings is 1. The minimum atomic E-state index is 0.0161. The van der Waals surface area contributed by atoms with Crippen molar-refractivity contribution >= 4 is 11.5 Å². The molecule has 1 aromatic carbocycles. The van der Waals surface area contributed by atoms with Gasteiger partial charge in [-0.15, -0.1) is 0 Å². The van der Waals surface area contributed by atoms with Gasteiger partial charge in [-0.1, -0.05) is 26.0 Å². The molecule has 2 aliphatic rings. The van der Waals surface area contributed by atoms with Crippen molar-refractivity contribution in [3.8, 4) is 11.3 Å². The van der Waals surface area contributed by atoms with Crippen LogP contribution in [-0.4, -0.2) is 18.0 Å². The lowest BCUT2D eigenvalue weighted by Crippen LogP contribution is -2.30. The third-order valence-electron chi connectivity index (χ3n) is 5.49. The van der Waals surface area contributed by atoms with Gasteiger partial charge in [-0.2, -0.15) is 0 Å². The first-order valence-electron chi connectivity index (χ1n) is 8.80. The minimum absolute atomic E-state index is 0.0161. The fourth-order valence-electron chi connectivity index (χ4n) is 4.31. The number of rotatable bonds is 1. The van der Waals surface area contributed by atoms with E-state index in [1.807, 2.05) is 13.8 Å². The number of benzene rings is 1. The van der Waals surface area contributed by atoms with E-state index in [0.717, 1.165) is 29.5 Å². The molecule has 0 radical (unpaired) electrons. The molecule has 24 heavy (non-hydrogen) atoms. The summed E-state index contributed by atoms with van der Waals surface area (Å²) in [5.41, 5.74) is 7.05. The lowest BCUT2D eigenvalue weighted by Gasteiger charge is -2.35. The van der Waals surface area contributed by atoms with Gasteiger partial charge in [0.05, 0.1) is 11.8 Å². The van der Waals surface area contributed by atoms with Gasteiger partial charge in [0.2, 0.25) is 5.78 Å². The minimum Gasteiger partial charge on any atom is -0.463 e. The number of ketones is 1. The maximum absolute atomic E-state index is 13.1. The van der Waals surface area contributed by atoms with Crippen LogP contribution >= 0.6 is 0 Å². The molecule has 0 bridgehead atoms. The number of carbonyl (C=O) groups is 1. The Kier molecular flexibility index (Phi) is 3.31. The van der Waals surface area contributed by atoms with Crippen molar-refractivity contribution in [1.29, 1.82) is 0 Å². The second-order valence-corrected chi connectivity index (χ2v) is 7.53. The van der Waals surface area contributed by atoms with Crippen molar-refractivity contribution < 1.29 is 9.21 Å². The molecule has 1 heterocycles. The van der Waals surface area contributed by atoms with Gasteiger partial charge < -0.3 is 4.42 Å². The molecule has 124 valence electrons. The zero-order valence-electron chi connectivity index (χ0n) is 14.8. The van der Waals surface area contributed by atoms with Crippen LogP contribution in [-0.2, 0) is 11.8 Å². The average Bonchev–Trinajstić information content (AvgIpc) is 2.93. The molecule has 2 aromatic rings. The van der Waals surface area contributed by atoms with Crippen molar-refractivity contribution in [1.82, 2.24) is 0 Å². The Morgan fingerprint density at radius 1 is 1.25 bits per heavy atom. The largest absolute Gasteiger partial charge is 0.463 e. The topological polar surface area (TPSA) is 42.6 Å². The van der Waals surface area contributed by atoms with E-state index in [1.54, 1.807) is 6.26 Å². The van der Waals surface area contributed by atoms with Gasteiger partial charge in [0.15, 0.2) is 0 Å². The van der Waals surface area contributed by atoms with E-state index >= 15 is 0 Å². The van der Waals surface area contributed by atoms with E-state index in [1.165, 1.54) is 17.5 Å². The summed E-state index contributed by atoms with van der Waals surface area (Å²) in [7, 11) is 0. The summed E-state index contributed by atoms with van der Waals surface area (Å²) in [5.74, 6) is 0.733.